The number of halogens is 2. The summed E-state index contributed by atoms with van der Waals surface area (Å²) in [4.78, 5) is 12.0. The van der Waals surface area contributed by atoms with Gasteiger partial charge in [-0.25, -0.2) is 18.2 Å². The number of hydrogen-bond donors (Lipinski definition) is 1. The quantitative estimate of drug-likeness (QED) is 0.614. The molecule has 0 aliphatic rings. The standard InChI is InChI=1S/C16H15ClFN3O3S/c1-25(23,24)21(15-8-3-2-7-14(15)18)11-16(22)20-19-10-12-5-4-6-13(17)9-12/h2-10H,11H2,1H3,(H,20,22)/b19-10-. The van der Waals surface area contributed by atoms with E-state index < -0.39 is 28.3 Å². The lowest BCUT2D eigenvalue weighted by molar-refractivity contribution is -0.119. The minimum Gasteiger partial charge on any atom is -0.271 e. The van der Waals surface area contributed by atoms with Crippen molar-refractivity contribution in [2.45, 2.75) is 0 Å². The molecule has 132 valence electrons. The van der Waals surface area contributed by atoms with Crippen molar-refractivity contribution in [1.82, 2.24) is 5.43 Å². The molecule has 0 unspecified atom stereocenters. The maximum Gasteiger partial charge on any atom is 0.260 e. The Morgan fingerprint density at radius 3 is 2.64 bits per heavy atom. The van der Waals surface area contributed by atoms with Crippen LogP contribution in [-0.4, -0.2) is 33.3 Å². The van der Waals surface area contributed by atoms with Gasteiger partial charge in [-0.2, -0.15) is 5.10 Å². The molecule has 9 heteroatoms. The Bertz CT molecular complexity index is 903. The summed E-state index contributed by atoms with van der Waals surface area (Å²) >= 11 is 5.83. The molecule has 0 spiro atoms. The summed E-state index contributed by atoms with van der Waals surface area (Å²) in [7, 11) is -3.86. The first-order valence-electron chi connectivity index (χ1n) is 7.07. The molecule has 0 bridgehead atoms. The molecule has 0 saturated heterocycles. The first-order valence-corrected chi connectivity index (χ1v) is 9.30. The number of hydrazone groups is 1. The molecule has 25 heavy (non-hydrogen) atoms. The largest absolute Gasteiger partial charge is 0.271 e. The summed E-state index contributed by atoms with van der Waals surface area (Å²) in [6, 6.07) is 12.1. The van der Waals surface area contributed by atoms with E-state index in [0.29, 0.717) is 14.9 Å². The third-order valence-electron chi connectivity index (χ3n) is 3.06. The Morgan fingerprint density at radius 1 is 1.28 bits per heavy atom. The molecule has 6 nitrogen and oxygen atoms in total. The summed E-state index contributed by atoms with van der Waals surface area (Å²) in [6.45, 7) is -0.605. The van der Waals surface area contributed by atoms with Crippen molar-refractivity contribution < 1.29 is 17.6 Å². The Hall–Kier alpha value is -2.45. The van der Waals surface area contributed by atoms with Crippen LogP contribution in [0.4, 0.5) is 10.1 Å². The van der Waals surface area contributed by atoms with Gasteiger partial charge in [0.2, 0.25) is 10.0 Å². The number of nitrogens with one attached hydrogen (secondary N) is 1. The molecule has 0 aromatic heterocycles. The molecule has 2 aromatic rings. The fraction of sp³-hybridized carbons (Fsp3) is 0.125. The zero-order chi connectivity index (χ0) is 18.4. The van der Waals surface area contributed by atoms with Gasteiger partial charge in [0.25, 0.3) is 5.91 Å². The van der Waals surface area contributed by atoms with E-state index in [1.165, 1.54) is 24.4 Å². The van der Waals surface area contributed by atoms with Crippen LogP contribution in [0.15, 0.2) is 53.6 Å². The smallest absolute Gasteiger partial charge is 0.260 e. The van der Waals surface area contributed by atoms with E-state index in [0.717, 1.165) is 12.3 Å². The Morgan fingerprint density at radius 2 is 2.00 bits per heavy atom. The first-order chi connectivity index (χ1) is 11.8. The van der Waals surface area contributed by atoms with Crippen molar-refractivity contribution in [3.05, 3.63) is 64.9 Å². The van der Waals surface area contributed by atoms with Crippen molar-refractivity contribution in [2.24, 2.45) is 5.10 Å². The van der Waals surface area contributed by atoms with Gasteiger partial charge in [-0.05, 0) is 29.8 Å². The number of amides is 1. The first kappa shape index (κ1) is 18.9. The van der Waals surface area contributed by atoms with Crippen LogP contribution < -0.4 is 9.73 Å². The van der Waals surface area contributed by atoms with E-state index >= 15 is 0 Å². The molecule has 0 saturated carbocycles. The summed E-state index contributed by atoms with van der Waals surface area (Å²) in [5, 5.41) is 4.25. The zero-order valence-corrected chi connectivity index (χ0v) is 14.8. The summed E-state index contributed by atoms with van der Waals surface area (Å²) in [5.74, 6) is -1.46. The molecule has 2 rings (SSSR count). The van der Waals surface area contributed by atoms with Gasteiger partial charge >= 0.3 is 0 Å². The van der Waals surface area contributed by atoms with E-state index in [-0.39, 0.29) is 5.69 Å². The Kier molecular flexibility index (Phi) is 6.11. The molecule has 0 atom stereocenters. The second-order valence-corrected chi connectivity index (χ2v) is 7.41. The topological polar surface area (TPSA) is 78.8 Å². The van der Waals surface area contributed by atoms with Crippen LogP contribution in [0.1, 0.15) is 5.56 Å². The Labute approximate surface area is 150 Å². The van der Waals surface area contributed by atoms with E-state index in [4.69, 9.17) is 11.6 Å². The third-order valence-corrected chi connectivity index (χ3v) is 4.42. The van der Waals surface area contributed by atoms with E-state index in [1.807, 2.05) is 0 Å². The lowest BCUT2D eigenvalue weighted by atomic mass is 10.2. The average Bonchev–Trinajstić information content (AvgIpc) is 2.52. The number of carbonyl (C=O) groups excluding carboxylic acids is 1. The highest BCUT2D eigenvalue weighted by atomic mass is 35.5. The average molecular weight is 384 g/mol. The van der Waals surface area contributed by atoms with Gasteiger partial charge in [0.05, 0.1) is 18.2 Å². The molecule has 0 radical (unpaired) electrons. The normalized spacial score (nSPS) is 11.5. The van der Waals surface area contributed by atoms with Gasteiger partial charge in [-0.1, -0.05) is 35.9 Å². The number of para-hydroxylation sites is 1. The number of hydrogen-bond acceptors (Lipinski definition) is 4. The van der Waals surface area contributed by atoms with Crippen LogP contribution >= 0.6 is 11.6 Å². The number of sulfonamides is 1. The van der Waals surface area contributed by atoms with Gasteiger partial charge in [-0.15, -0.1) is 0 Å². The molecular weight excluding hydrogens is 369 g/mol. The summed E-state index contributed by atoms with van der Waals surface area (Å²) < 4.78 is 38.3. The fourth-order valence-corrected chi connectivity index (χ4v) is 3.02. The minimum absolute atomic E-state index is 0.209. The van der Waals surface area contributed by atoms with Crippen LogP contribution in [0.5, 0.6) is 0 Å². The van der Waals surface area contributed by atoms with Crippen molar-refractivity contribution >= 4 is 39.4 Å². The van der Waals surface area contributed by atoms with Gasteiger partial charge in [-0.3, -0.25) is 9.10 Å². The lowest BCUT2D eigenvalue weighted by Gasteiger charge is -2.21. The van der Waals surface area contributed by atoms with Gasteiger partial charge in [0.1, 0.15) is 12.4 Å². The minimum atomic E-state index is -3.86. The maximum absolute atomic E-state index is 13.9. The highest BCUT2D eigenvalue weighted by molar-refractivity contribution is 7.92. The SMILES string of the molecule is CS(=O)(=O)N(CC(=O)N/N=C\c1cccc(Cl)c1)c1ccccc1F. The van der Waals surface area contributed by atoms with Crippen molar-refractivity contribution in [2.75, 3.05) is 17.1 Å². The number of anilines is 1. The van der Waals surface area contributed by atoms with E-state index in [2.05, 4.69) is 10.5 Å². The molecule has 1 amide bonds. The molecule has 2 aromatic carbocycles. The molecule has 1 N–H and O–H groups in total. The molecule has 0 aliphatic heterocycles. The maximum atomic E-state index is 13.9. The van der Waals surface area contributed by atoms with Crippen LogP contribution in [-0.2, 0) is 14.8 Å². The number of nitrogens with zero attached hydrogens (tertiary/aromatic N) is 2. The van der Waals surface area contributed by atoms with Gasteiger partial charge < -0.3 is 0 Å². The van der Waals surface area contributed by atoms with Crippen molar-refractivity contribution in [3.63, 3.8) is 0 Å². The number of benzene rings is 2. The Balaban J connectivity index is 2.09. The van der Waals surface area contributed by atoms with E-state index in [9.17, 15) is 17.6 Å². The second-order valence-electron chi connectivity index (χ2n) is 5.07. The monoisotopic (exact) mass is 383 g/mol. The highest BCUT2D eigenvalue weighted by Crippen LogP contribution is 2.20. The fourth-order valence-electron chi connectivity index (χ4n) is 1.97. The molecule has 0 fully saturated rings. The second kappa shape index (κ2) is 8.09. The molecule has 0 heterocycles. The number of rotatable bonds is 6. The summed E-state index contributed by atoms with van der Waals surface area (Å²) in [5.41, 5.74) is 2.65. The highest BCUT2D eigenvalue weighted by Gasteiger charge is 2.23. The predicted octanol–water partition coefficient (Wildman–Crippen LogP) is 2.40. The van der Waals surface area contributed by atoms with E-state index in [1.54, 1.807) is 24.3 Å². The van der Waals surface area contributed by atoms with Crippen LogP contribution in [0.2, 0.25) is 5.02 Å². The zero-order valence-electron chi connectivity index (χ0n) is 13.2. The van der Waals surface area contributed by atoms with Crippen LogP contribution in [0, 0.1) is 5.82 Å². The summed E-state index contributed by atoms with van der Waals surface area (Å²) in [6.07, 6.45) is 2.25. The van der Waals surface area contributed by atoms with Crippen LogP contribution in [0.25, 0.3) is 0 Å². The molecular formula is C16H15ClFN3O3S. The lowest BCUT2D eigenvalue weighted by Crippen LogP contribution is -2.39. The van der Waals surface area contributed by atoms with Gasteiger partial charge in [0.15, 0.2) is 0 Å². The van der Waals surface area contributed by atoms with Crippen molar-refractivity contribution in [1.29, 1.82) is 0 Å². The van der Waals surface area contributed by atoms with Crippen LogP contribution in [0.3, 0.4) is 0 Å². The number of carbonyl (C=O) groups is 1. The van der Waals surface area contributed by atoms with Gasteiger partial charge in [0, 0.05) is 5.02 Å². The molecule has 0 aliphatic carbocycles. The predicted molar refractivity (Wildman–Crippen MR) is 95.8 cm³/mol. The third kappa shape index (κ3) is 5.54. The van der Waals surface area contributed by atoms with Crippen molar-refractivity contribution in [3.8, 4) is 0 Å².